The second kappa shape index (κ2) is 10.8. The number of aliphatic hydroxyl groups is 1. The first kappa shape index (κ1) is 20.3. The normalized spacial score (nSPS) is 12.2. The standard InChI is InChI=1S/C22H32N2O2/c1-18(2)21-12-7-8-13-22(21)26-17-20(25)16-23-14-9-15-24(3)19-10-5-4-6-11-19/h4-8,10-13,18,20,23,25H,9,14-17H2,1-3H3/p+1/t20-/m0/s1. The van der Waals surface area contributed by atoms with Crippen LogP contribution >= 0.6 is 0 Å². The molecular formula is C22H33N2O2+. The summed E-state index contributed by atoms with van der Waals surface area (Å²) < 4.78 is 5.84. The summed E-state index contributed by atoms with van der Waals surface area (Å²) in [6.07, 6.45) is 0.622. The minimum absolute atomic E-state index is 0.337. The van der Waals surface area contributed by atoms with E-state index in [1.54, 1.807) is 0 Å². The van der Waals surface area contributed by atoms with Gasteiger partial charge in [-0.05, 0) is 29.7 Å². The molecule has 0 aliphatic heterocycles. The summed E-state index contributed by atoms with van der Waals surface area (Å²) in [7, 11) is 2.12. The maximum Gasteiger partial charge on any atom is 0.137 e. The largest absolute Gasteiger partial charge is 0.490 e. The molecule has 26 heavy (non-hydrogen) atoms. The zero-order chi connectivity index (χ0) is 18.8. The predicted octanol–water partition coefficient (Wildman–Crippen LogP) is 2.64. The van der Waals surface area contributed by atoms with Gasteiger partial charge in [-0.15, -0.1) is 0 Å². The van der Waals surface area contributed by atoms with Crippen molar-refractivity contribution in [2.45, 2.75) is 32.3 Å². The van der Waals surface area contributed by atoms with Gasteiger partial charge in [-0.25, -0.2) is 0 Å². The minimum atomic E-state index is -0.456. The van der Waals surface area contributed by atoms with E-state index in [1.807, 2.05) is 24.3 Å². The lowest BCUT2D eigenvalue weighted by Crippen LogP contribution is -2.86. The van der Waals surface area contributed by atoms with E-state index < -0.39 is 6.10 Å². The number of benzene rings is 2. The Hall–Kier alpha value is -2.04. The van der Waals surface area contributed by atoms with E-state index in [4.69, 9.17) is 4.74 Å². The Morgan fingerprint density at radius 3 is 2.46 bits per heavy atom. The fraction of sp³-hybridized carbons (Fsp3) is 0.455. The van der Waals surface area contributed by atoms with Gasteiger partial charge in [0.05, 0.1) is 6.54 Å². The fourth-order valence-electron chi connectivity index (χ4n) is 2.94. The van der Waals surface area contributed by atoms with Crippen LogP contribution in [0.1, 0.15) is 31.7 Å². The molecule has 2 aromatic rings. The van der Waals surface area contributed by atoms with Crippen molar-refractivity contribution >= 4 is 5.69 Å². The molecule has 0 radical (unpaired) electrons. The lowest BCUT2D eigenvalue weighted by atomic mass is 10.0. The second-order valence-corrected chi connectivity index (χ2v) is 7.08. The van der Waals surface area contributed by atoms with Crippen LogP contribution < -0.4 is 15.0 Å². The number of nitrogens with zero attached hydrogens (tertiary/aromatic N) is 1. The molecule has 142 valence electrons. The van der Waals surface area contributed by atoms with E-state index >= 15 is 0 Å². The maximum absolute atomic E-state index is 10.2. The molecule has 0 aliphatic rings. The molecule has 4 nitrogen and oxygen atoms in total. The average Bonchev–Trinajstić information content (AvgIpc) is 2.66. The van der Waals surface area contributed by atoms with E-state index in [9.17, 15) is 5.11 Å². The molecule has 0 saturated carbocycles. The quantitative estimate of drug-likeness (QED) is 0.608. The molecular weight excluding hydrogens is 324 g/mol. The van der Waals surface area contributed by atoms with Crippen molar-refractivity contribution in [2.24, 2.45) is 0 Å². The van der Waals surface area contributed by atoms with Gasteiger partial charge in [0.2, 0.25) is 0 Å². The lowest BCUT2D eigenvalue weighted by molar-refractivity contribution is -0.661. The molecule has 0 bridgehead atoms. The Labute approximate surface area is 157 Å². The van der Waals surface area contributed by atoms with Crippen molar-refractivity contribution in [1.29, 1.82) is 0 Å². The number of anilines is 1. The Morgan fingerprint density at radius 2 is 1.73 bits per heavy atom. The van der Waals surface area contributed by atoms with Crippen molar-refractivity contribution in [3.8, 4) is 5.75 Å². The molecule has 0 aromatic heterocycles. The monoisotopic (exact) mass is 357 g/mol. The van der Waals surface area contributed by atoms with Crippen molar-refractivity contribution in [3.05, 3.63) is 60.2 Å². The molecule has 1 atom stereocenters. The van der Waals surface area contributed by atoms with Gasteiger partial charge >= 0.3 is 0 Å². The number of ether oxygens (including phenoxy) is 1. The summed E-state index contributed by atoms with van der Waals surface area (Å²) in [6.45, 7) is 7.31. The van der Waals surface area contributed by atoms with Crippen LogP contribution in [0.4, 0.5) is 5.69 Å². The molecule has 2 aromatic carbocycles. The highest BCUT2D eigenvalue weighted by molar-refractivity contribution is 5.44. The average molecular weight is 358 g/mol. The van der Waals surface area contributed by atoms with Gasteiger partial charge in [0, 0.05) is 25.7 Å². The number of nitrogens with two attached hydrogens (primary N) is 1. The van der Waals surface area contributed by atoms with Crippen molar-refractivity contribution < 1.29 is 15.2 Å². The third kappa shape index (κ3) is 6.70. The highest BCUT2D eigenvalue weighted by atomic mass is 16.5. The summed E-state index contributed by atoms with van der Waals surface area (Å²) >= 11 is 0. The molecule has 3 N–H and O–H groups in total. The third-order valence-electron chi connectivity index (χ3n) is 4.51. The summed E-state index contributed by atoms with van der Waals surface area (Å²) in [6, 6.07) is 18.5. The SMILES string of the molecule is CC(C)c1ccccc1OC[C@@H](O)C[NH2+]CCCN(C)c1ccccc1. The highest BCUT2D eigenvalue weighted by Crippen LogP contribution is 2.25. The first-order valence-corrected chi connectivity index (χ1v) is 9.55. The summed E-state index contributed by atoms with van der Waals surface area (Å²) in [5, 5.41) is 12.3. The zero-order valence-corrected chi connectivity index (χ0v) is 16.3. The minimum Gasteiger partial charge on any atom is -0.490 e. The summed E-state index contributed by atoms with van der Waals surface area (Å²) in [5.74, 6) is 1.29. The van der Waals surface area contributed by atoms with Gasteiger partial charge in [0.1, 0.15) is 25.0 Å². The lowest BCUT2D eigenvalue weighted by Gasteiger charge is -2.19. The Bertz CT molecular complexity index is 631. The number of aliphatic hydroxyl groups excluding tert-OH is 1. The topological polar surface area (TPSA) is 49.3 Å². The molecule has 0 heterocycles. The number of hydrogen-bond donors (Lipinski definition) is 2. The smallest absolute Gasteiger partial charge is 0.137 e. The van der Waals surface area contributed by atoms with Gasteiger partial charge < -0.3 is 20.1 Å². The van der Waals surface area contributed by atoms with Gasteiger partial charge in [-0.1, -0.05) is 50.2 Å². The summed E-state index contributed by atoms with van der Waals surface area (Å²) in [5.41, 5.74) is 2.43. The van der Waals surface area contributed by atoms with Crippen molar-refractivity contribution in [3.63, 3.8) is 0 Å². The molecule has 0 amide bonds. The van der Waals surface area contributed by atoms with E-state index in [0.717, 1.165) is 25.3 Å². The summed E-state index contributed by atoms with van der Waals surface area (Å²) in [4.78, 5) is 2.26. The van der Waals surface area contributed by atoms with Crippen LogP contribution in [0.25, 0.3) is 0 Å². The van der Waals surface area contributed by atoms with E-state index in [0.29, 0.717) is 19.1 Å². The molecule has 0 spiro atoms. The molecule has 2 rings (SSSR count). The van der Waals surface area contributed by atoms with Crippen LogP contribution in [0.2, 0.25) is 0 Å². The molecule has 4 heteroatoms. The number of para-hydroxylation sites is 2. The number of quaternary nitrogens is 1. The van der Waals surface area contributed by atoms with Crippen LogP contribution in [0.5, 0.6) is 5.75 Å². The Kier molecular flexibility index (Phi) is 8.45. The first-order valence-electron chi connectivity index (χ1n) is 9.55. The predicted molar refractivity (Wildman–Crippen MR) is 108 cm³/mol. The molecule has 0 aliphatic carbocycles. The van der Waals surface area contributed by atoms with E-state index in [1.165, 1.54) is 11.3 Å². The van der Waals surface area contributed by atoms with Crippen molar-refractivity contribution in [1.82, 2.24) is 0 Å². The Morgan fingerprint density at radius 1 is 1.04 bits per heavy atom. The van der Waals surface area contributed by atoms with E-state index in [-0.39, 0.29) is 0 Å². The van der Waals surface area contributed by atoms with Crippen LogP contribution in [0, 0.1) is 0 Å². The zero-order valence-electron chi connectivity index (χ0n) is 16.3. The molecule has 0 fully saturated rings. The van der Waals surface area contributed by atoms with Gasteiger partial charge in [-0.2, -0.15) is 0 Å². The van der Waals surface area contributed by atoms with Crippen LogP contribution in [-0.2, 0) is 0 Å². The third-order valence-corrected chi connectivity index (χ3v) is 4.51. The van der Waals surface area contributed by atoms with Gasteiger partial charge in [0.15, 0.2) is 0 Å². The highest BCUT2D eigenvalue weighted by Gasteiger charge is 2.11. The van der Waals surface area contributed by atoms with Crippen LogP contribution in [0.15, 0.2) is 54.6 Å². The molecule has 0 unspecified atom stereocenters. The van der Waals surface area contributed by atoms with Gasteiger partial charge in [0.25, 0.3) is 0 Å². The Balaban J connectivity index is 1.61. The number of hydrogen-bond acceptors (Lipinski definition) is 3. The number of rotatable bonds is 11. The van der Waals surface area contributed by atoms with Crippen molar-refractivity contribution in [2.75, 3.05) is 38.2 Å². The fourth-order valence-corrected chi connectivity index (χ4v) is 2.94. The second-order valence-electron chi connectivity index (χ2n) is 7.08. The van der Waals surface area contributed by atoms with Gasteiger partial charge in [-0.3, -0.25) is 0 Å². The maximum atomic E-state index is 10.2. The van der Waals surface area contributed by atoms with E-state index in [2.05, 4.69) is 61.4 Å². The van der Waals surface area contributed by atoms with Crippen LogP contribution in [-0.4, -0.2) is 44.5 Å². The molecule has 0 saturated heterocycles. The first-order chi connectivity index (χ1) is 12.6. The van der Waals surface area contributed by atoms with Crippen LogP contribution in [0.3, 0.4) is 0 Å².